The van der Waals surface area contributed by atoms with Crippen molar-refractivity contribution >= 4 is 12.0 Å². The van der Waals surface area contributed by atoms with Gasteiger partial charge < -0.3 is 20.3 Å². The zero-order chi connectivity index (χ0) is 18.2. The Hall–Kier alpha value is -2.08. The highest BCUT2D eigenvalue weighted by molar-refractivity contribution is 5.81. The molecule has 2 rings (SSSR count). The molecule has 0 aromatic heterocycles. The van der Waals surface area contributed by atoms with Crippen molar-refractivity contribution in [3.8, 4) is 0 Å². The Balaban J connectivity index is 1.85. The highest BCUT2D eigenvalue weighted by Crippen LogP contribution is 2.19. The molecule has 0 bridgehead atoms. The molecule has 1 aliphatic rings. The Morgan fingerprint density at radius 2 is 2.08 bits per heavy atom. The predicted octanol–water partition coefficient (Wildman–Crippen LogP) is 2.23. The molecule has 0 spiro atoms. The van der Waals surface area contributed by atoms with Gasteiger partial charge in [-0.25, -0.2) is 4.79 Å². The number of ether oxygens (including phenoxy) is 1. The molecule has 1 unspecified atom stereocenters. The second kappa shape index (κ2) is 9.42. The maximum absolute atomic E-state index is 12.3. The topological polar surface area (TPSA) is 75.9 Å². The van der Waals surface area contributed by atoms with Gasteiger partial charge in [0.15, 0.2) is 0 Å². The van der Waals surface area contributed by atoms with Crippen molar-refractivity contribution in [2.75, 3.05) is 26.2 Å². The lowest BCUT2D eigenvalue weighted by atomic mass is 9.97. The van der Waals surface area contributed by atoms with Crippen LogP contribution in [0.25, 0.3) is 0 Å². The van der Waals surface area contributed by atoms with Gasteiger partial charge in [0.2, 0.25) is 5.91 Å². The molecule has 1 aromatic carbocycles. The summed E-state index contributed by atoms with van der Waals surface area (Å²) < 4.78 is 5.42. The predicted molar refractivity (Wildman–Crippen MR) is 96.8 cm³/mol. The van der Waals surface area contributed by atoms with Crippen LogP contribution in [0.15, 0.2) is 30.3 Å². The molecule has 6 heteroatoms. The number of carbonyl (C=O) groups excluding carboxylic acids is 2. The highest BCUT2D eigenvalue weighted by Gasteiger charge is 2.27. The summed E-state index contributed by atoms with van der Waals surface area (Å²) in [6, 6.07) is 9.17. The van der Waals surface area contributed by atoms with Crippen LogP contribution in [0.4, 0.5) is 4.79 Å². The fraction of sp³-hybridized carbons (Fsp3) is 0.579. The van der Waals surface area contributed by atoms with Crippen molar-refractivity contribution in [3.63, 3.8) is 0 Å². The number of benzene rings is 1. The molecule has 1 aromatic rings. The maximum Gasteiger partial charge on any atom is 0.410 e. The molecule has 2 amide bonds. The van der Waals surface area contributed by atoms with Crippen LogP contribution in [0, 0.1) is 5.92 Å². The van der Waals surface area contributed by atoms with Gasteiger partial charge in [0.05, 0.1) is 6.04 Å². The monoisotopic (exact) mass is 347 g/mol. The number of nitrogens with two attached hydrogens (primary N) is 1. The van der Waals surface area contributed by atoms with Gasteiger partial charge in [-0.1, -0.05) is 30.3 Å². The van der Waals surface area contributed by atoms with Gasteiger partial charge in [0.25, 0.3) is 0 Å². The van der Waals surface area contributed by atoms with E-state index in [4.69, 9.17) is 10.5 Å². The molecule has 1 saturated heterocycles. The van der Waals surface area contributed by atoms with Crippen LogP contribution in [0.5, 0.6) is 0 Å². The highest BCUT2D eigenvalue weighted by atomic mass is 16.6. The minimum atomic E-state index is -0.475. The van der Waals surface area contributed by atoms with E-state index >= 15 is 0 Å². The van der Waals surface area contributed by atoms with E-state index in [0.29, 0.717) is 19.6 Å². The van der Waals surface area contributed by atoms with Gasteiger partial charge in [0.1, 0.15) is 6.61 Å². The van der Waals surface area contributed by atoms with E-state index in [1.165, 1.54) is 0 Å². The Labute approximate surface area is 149 Å². The first-order chi connectivity index (χ1) is 12.0. The second-order valence-corrected chi connectivity index (χ2v) is 6.66. The van der Waals surface area contributed by atoms with Crippen LogP contribution in [0.3, 0.4) is 0 Å². The van der Waals surface area contributed by atoms with Gasteiger partial charge in [-0.3, -0.25) is 4.79 Å². The number of hydrogen-bond donors (Lipinski definition) is 1. The van der Waals surface area contributed by atoms with Gasteiger partial charge >= 0.3 is 6.09 Å². The van der Waals surface area contributed by atoms with Gasteiger partial charge in [-0.15, -0.1) is 0 Å². The minimum absolute atomic E-state index is 0.0144. The number of nitrogens with zero attached hydrogens (tertiary/aromatic N) is 2. The van der Waals surface area contributed by atoms with Crippen molar-refractivity contribution < 1.29 is 14.3 Å². The molecule has 1 fully saturated rings. The summed E-state index contributed by atoms with van der Waals surface area (Å²) in [5.74, 6) is 0.250. The summed E-state index contributed by atoms with van der Waals surface area (Å²) in [7, 11) is 0. The Morgan fingerprint density at radius 1 is 1.36 bits per heavy atom. The quantitative estimate of drug-likeness (QED) is 0.856. The first kappa shape index (κ1) is 19.2. The zero-order valence-corrected chi connectivity index (χ0v) is 15.2. The number of amides is 2. The minimum Gasteiger partial charge on any atom is -0.445 e. The number of carbonyl (C=O) groups is 2. The fourth-order valence-corrected chi connectivity index (χ4v) is 3.16. The molecule has 0 saturated carbocycles. The number of rotatable bonds is 6. The fourth-order valence-electron chi connectivity index (χ4n) is 3.16. The van der Waals surface area contributed by atoms with Crippen LogP contribution >= 0.6 is 0 Å². The van der Waals surface area contributed by atoms with Crippen molar-refractivity contribution in [1.82, 2.24) is 9.80 Å². The Bertz CT molecular complexity index is 562. The normalized spacial score (nSPS) is 18.5. The van der Waals surface area contributed by atoms with Crippen molar-refractivity contribution in [3.05, 3.63) is 35.9 Å². The van der Waals surface area contributed by atoms with Crippen LogP contribution in [0.2, 0.25) is 0 Å². The lowest BCUT2D eigenvalue weighted by molar-refractivity contribution is -0.134. The van der Waals surface area contributed by atoms with E-state index in [2.05, 4.69) is 0 Å². The molecule has 0 aliphatic carbocycles. The third kappa shape index (κ3) is 5.74. The zero-order valence-electron chi connectivity index (χ0n) is 15.2. The average Bonchev–Trinajstić information content (AvgIpc) is 2.64. The van der Waals surface area contributed by atoms with Gasteiger partial charge in [-0.2, -0.15) is 0 Å². The van der Waals surface area contributed by atoms with E-state index in [0.717, 1.165) is 24.9 Å². The summed E-state index contributed by atoms with van der Waals surface area (Å²) in [5.41, 5.74) is 6.68. The van der Waals surface area contributed by atoms with Gasteiger partial charge in [-0.05, 0) is 38.2 Å². The smallest absolute Gasteiger partial charge is 0.410 e. The van der Waals surface area contributed by atoms with E-state index in [-0.39, 0.29) is 24.5 Å². The lowest BCUT2D eigenvalue weighted by Gasteiger charge is -2.36. The molecule has 2 N–H and O–H groups in total. The van der Waals surface area contributed by atoms with Crippen LogP contribution in [0.1, 0.15) is 32.3 Å². The van der Waals surface area contributed by atoms with E-state index in [1.54, 1.807) is 11.8 Å². The summed E-state index contributed by atoms with van der Waals surface area (Å²) in [4.78, 5) is 28.0. The molecule has 25 heavy (non-hydrogen) atoms. The molecule has 1 aliphatic heterocycles. The molecule has 138 valence electrons. The first-order valence-corrected chi connectivity index (χ1v) is 9.01. The summed E-state index contributed by atoms with van der Waals surface area (Å²) in [6.45, 7) is 6.53. The molecule has 2 atom stereocenters. The summed E-state index contributed by atoms with van der Waals surface area (Å²) >= 11 is 0. The summed E-state index contributed by atoms with van der Waals surface area (Å²) in [6.07, 6.45) is 1.65. The van der Waals surface area contributed by atoms with Gasteiger partial charge in [0, 0.05) is 26.2 Å². The van der Waals surface area contributed by atoms with Crippen molar-refractivity contribution in [1.29, 1.82) is 0 Å². The largest absolute Gasteiger partial charge is 0.445 e. The van der Waals surface area contributed by atoms with E-state index in [1.807, 2.05) is 42.2 Å². The van der Waals surface area contributed by atoms with Crippen molar-refractivity contribution in [2.45, 2.75) is 39.3 Å². The standard InChI is InChI=1S/C19H29N3O3/c1-3-21(19(24)25-14-16-8-5-4-6-9-16)12-17-10-7-11-22(13-17)18(23)15(2)20/h4-6,8-9,15,17H,3,7,10-14,20H2,1-2H3/t15-,17?/m0/s1. The van der Waals surface area contributed by atoms with Crippen molar-refractivity contribution in [2.24, 2.45) is 11.7 Å². The first-order valence-electron chi connectivity index (χ1n) is 9.01. The van der Waals surface area contributed by atoms with E-state index < -0.39 is 6.04 Å². The maximum atomic E-state index is 12.3. The molecule has 1 heterocycles. The Kier molecular flexibility index (Phi) is 7.25. The summed E-state index contributed by atoms with van der Waals surface area (Å²) in [5, 5.41) is 0. The number of likely N-dealkylation sites (tertiary alicyclic amines) is 1. The lowest BCUT2D eigenvalue weighted by Crippen LogP contribution is -2.49. The molecule has 0 radical (unpaired) electrons. The third-order valence-electron chi connectivity index (χ3n) is 4.54. The van der Waals surface area contributed by atoms with Crippen LogP contribution in [-0.2, 0) is 16.1 Å². The number of hydrogen-bond acceptors (Lipinski definition) is 4. The van der Waals surface area contributed by atoms with E-state index in [9.17, 15) is 9.59 Å². The third-order valence-corrected chi connectivity index (χ3v) is 4.54. The Morgan fingerprint density at radius 3 is 2.72 bits per heavy atom. The van der Waals surface area contributed by atoms with Crippen LogP contribution < -0.4 is 5.73 Å². The second-order valence-electron chi connectivity index (χ2n) is 6.66. The number of piperidine rings is 1. The van der Waals surface area contributed by atoms with Crippen LogP contribution in [-0.4, -0.2) is 54.0 Å². The average molecular weight is 347 g/mol. The molecular weight excluding hydrogens is 318 g/mol. The molecule has 6 nitrogen and oxygen atoms in total. The molecular formula is C19H29N3O3. The SMILES string of the molecule is CCN(CC1CCCN(C(=O)[C@H](C)N)C1)C(=O)OCc1ccccc1.